The van der Waals surface area contributed by atoms with Crippen molar-refractivity contribution in [2.45, 2.75) is 45.6 Å². The van der Waals surface area contributed by atoms with E-state index >= 15 is 0 Å². The van der Waals surface area contributed by atoms with Crippen LogP contribution < -0.4 is 5.32 Å². The molecule has 1 aliphatic rings. The lowest BCUT2D eigenvalue weighted by Crippen LogP contribution is -2.41. The van der Waals surface area contributed by atoms with Gasteiger partial charge < -0.3 is 5.32 Å². The summed E-state index contributed by atoms with van der Waals surface area (Å²) in [6.07, 6.45) is 2.97. The monoisotopic (exact) mass is 201 g/mol. The molecule has 1 amide bonds. The van der Waals surface area contributed by atoms with E-state index in [4.69, 9.17) is 0 Å². The summed E-state index contributed by atoms with van der Waals surface area (Å²) in [5.41, 5.74) is 0.127. The quantitative estimate of drug-likeness (QED) is 0.672. The number of amides is 1. The molecule has 0 aromatic rings. The number of hydrogen-bond acceptors (Lipinski definition) is 2. The van der Waals surface area contributed by atoms with E-state index in [9.17, 15) is 4.79 Å². The number of thiol groups is 1. The molecule has 3 heteroatoms. The molecule has 1 saturated carbocycles. The zero-order chi connectivity index (χ0) is 10.1. The lowest BCUT2D eigenvalue weighted by molar-refractivity contribution is -0.123. The molecule has 1 rings (SSSR count). The molecule has 2 nitrogen and oxygen atoms in total. The fourth-order valence-corrected chi connectivity index (χ4v) is 1.80. The van der Waals surface area contributed by atoms with Gasteiger partial charge in [-0.25, -0.2) is 0 Å². The van der Waals surface area contributed by atoms with Gasteiger partial charge >= 0.3 is 0 Å². The predicted molar refractivity (Wildman–Crippen MR) is 58.0 cm³/mol. The molecule has 0 bridgehead atoms. The van der Waals surface area contributed by atoms with Crippen LogP contribution in [-0.4, -0.2) is 17.2 Å². The van der Waals surface area contributed by atoms with Crippen molar-refractivity contribution in [1.82, 2.24) is 5.32 Å². The van der Waals surface area contributed by atoms with Crippen LogP contribution in [0.4, 0.5) is 0 Å². The van der Waals surface area contributed by atoms with Crippen molar-refractivity contribution >= 4 is 18.5 Å². The first-order valence-electron chi connectivity index (χ1n) is 4.79. The number of nitrogens with one attached hydrogen (secondary N) is 1. The van der Waals surface area contributed by atoms with Crippen LogP contribution in [0.3, 0.4) is 0 Å². The van der Waals surface area contributed by atoms with Gasteiger partial charge in [-0.3, -0.25) is 4.79 Å². The Morgan fingerprint density at radius 1 is 1.46 bits per heavy atom. The Bertz CT molecular complexity index is 203. The standard InChI is InChI=1S/C10H19NOS/c1-9(2,3)11-8(12)6-10(7-13)4-5-10/h13H,4-7H2,1-3H3,(H,11,12). The van der Waals surface area contributed by atoms with Crippen LogP contribution in [0.5, 0.6) is 0 Å². The van der Waals surface area contributed by atoms with Gasteiger partial charge in [-0.1, -0.05) is 0 Å². The van der Waals surface area contributed by atoms with Crippen molar-refractivity contribution in [3.8, 4) is 0 Å². The van der Waals surface area contributed by atoms with Gasteiger partial charge in [0, 0.05) is 12.0 Å². The average Bonchev–Trinajstić information content (AvgIpc) is 2.65. The summed E-state index contributed by atoms with van der Waals surface area (Å²) >= 11 is 4.27. The fraction of sp³-hybridized carbons (Fsp3) is 0.900. The van der Waals surface area contributed by atoms with E-state index in [1.165, 1.54) is 0 Å². The van der Waals surface area contributed by atoms with Crippen LogP contribution >= 0.6 is 12.6 Å². The summed E-state index contributed by atoms with van der Waals surface area (Å²) in [5, 5.41) is 2.98. The van der Waals surface area contributed by atoms with Crippen molar-refractivity contribution in [2.75, 3.05) is 5.75 Å². The Kier molecular flexibility index (Phi) is 2.95. The summed E-state index contributed by atoms with van der Waals surface area (Å²) in [6.45, 7) is 6.02. The van der Waals surface area contributed by atoms with Gasteiger partial charge in [-0.15, -0.1) is 0 Å². The molecule has 0 radical (unpaired) electrons. The Morgan fingerprint density at radius 2 is 2.00 bits per heavy atom. The molecule has 76 valence electrons. The third-order valence-corrected chi connectivity index (χ3v) is 3.01. The Hall–Kier alpha value is -0.180. The van der Waals surface area contributed by atoms with Crippen molar-refractivity contribution in [3.63, 3.8) is 0 Å². The van der Waals surface area contributed by atoms with Crippen molar-refractivity contribution in [3.05, 3.63) is 0 Å². The fourth-order valence-electron chi connectivity index (χ4n) is 1.37. The zero-order valence-electron chi connectivity index (χ0n) is 8.68. The maximum Gasteiger partial charge on any atom is 0.220 e. The molecular weight excluding hydrogens is 182 g/mol. The highest BCUT2D eigenvalue weighted by atomic mass is 32.1. The molecule has 1 aliphatic carbocycles. The Labute approximate surface area is 85.9 Å². The normalized spacial score (nSPS) is 19.7. The number of hydrogen-bond donors (Lipinski definition) is 2. The minimum atomic E-state index is -0.107. The third-order valence-electron chi connectivity index (χ3n) is 2.34. The van der Waals surface area contributed by atoms with Gasteiger partial charge in [-0.2, -0.15) is 12.6 Å². The van der Waals surface area contributed by atoms with Crippen LogP contribution in [0.2, 0.25) is 0 Å². The molecule has 0 heterocycles. The molecule has 13 heavy (non-hydrogen) atoms. The molecular formula is C10H19NOS. The third kappa shape index (κ3) is 3.59. The molecule has 0 aliphatic heterocycles. The van der Waals surface area contributed by atoms with Crippen molar-refractivity contribution in [2.24, 2.45) is 5.41 Å². The molecule has 0 unspecified atom stereocenters. The van der Waals surface area contributed by atoms with Crippen molar-refractivity contribution < 1.29 is 4.79 Å². The van der Waals surface area contributed by atoms with E-state index in [2.05, 4.69) is 17.9 Å². The maximum atomic E-state index is 11.5. The summed E-state index contributed by atoms with van der Waals surface area (Å²) in [4.78, 5) is 11.5. The second-order valence-electron chi connectivity index (χ2n) is 5.13. The van der Waals surface area contributed by atoms with Crippen LogP contribution in [0.15, 0.2) is 0 Å². The molecule has 0 atom stereocenters. The summed E-state index contributed by atoms with van der Waals surface area (Å²) in [5.74, 6) is 1.00. The minimum absolute atomic E-state index is 0.107. The highest BCUT2D eigenvalue weighted by molar-refractivity contribution is 7.80. The molecule has 1 fully saturated rings. The second kappa shape index (κ2) is 3.52. The average molecular weight is 201 g/mol. The summed E-state index contributed by atoms with van der Waals surface area (Å²) in [7, 11) is 0. The Morgan fingerprint density at radius 3 is 2.31 bits per heavy atom. The van der Waals surface area contributed by atoms with E-state index < -0.39 is 0 Å². The predicted octanol–water partition coefficient (Wildman–Crippen LogP) is 2.00. The van der Waals surface area contributed by atoms with Crippen LogP contribution in [0, 0.1) is 5.41 Å². The molecule has 0 spiro atoms. The topological polar surface area (TPSA) is 29.1 Å². The first-order valence-corrected chi connectivity index (χ1v) is 5.42. The van der Waals surface area contributed by atoms with E-state index in [-0.39, 0.29) is 16.9 Å². The number of rotatable bonds is 3. The Balaban J connectivity index is 2.34. The van der Waals surface area contributed by atoms with Gasteiger partial charge in [0.2, 0.25) is 5.91 Å². The van der Waals surface area contributed by atoms with Crippen molar-refractivity contribution in [1.29, 1.82) is 0 Å². The number of carbonyl (C=O) groups is 1. The lowest BCUT2D eigenvalue weighted by atomic mass is 10.0. The maximum absolute atomic E-state index is 11.5. The smallest absolute Gasteiger partial charge is 0.220 e. The molecule has 1 N–H and O–H groups in total. The molecule has 0 aromatic carbocycles. The van der Waals surface area contributed by atoms with Crippen LogP contribution in [-0.2, 0) is 4.79 Å². The van der Waals surface area contributed by atoms with Gasteiger partial charge in [-0.05, 0) is 44.8 Å². The zero-order valence-corrected chi connectivity index (χ0v) is 9.58. The van der Waals surface area contributed by atoms with E-state index in [1.807, 2.05) is 20.8 Å². The van der Waals surface area contributed by atoms with E-state index in [0.717, 1.165) is 18.6 Å². The van der Waals surface area contributed by atoms with Gasteiger partial charge in [0.25, 0.3) is 0 Å². The van der Waals surface area contributed by atoms with Crippen LogP contribution in [0.1, 0.15) is 40.0 Å². The molecule has 0 aromatic heterocycles. The van der Waals surface area contributed by atoms with Gasteiger partial charge in [0.1, 0.15) is 0 Å². The van der Waals surface area contributed by atoms with Gasteiger partial charge in [0.15, 0.2) is 0 Å². The minimum Gasteiger partial charge on any atom is -0.351 e. The SMILES string of the molecule is CC(C)(C)NC(=O)CC1(CS)CC1. The lowest BCUT2D eigenvalue weighted by Gasteiger charge is -2.22. The largest absolute Gasteiger partial charge is 0.351 e. The first kappa shape index (κ1) is 10.9. The first-order chi connectivity index (χ1) is 5.87. The highest BCUT2D eigenvalue weighted by Gasteiger charge is 2.43. The van der Waals surface area contributed by atoms with Crippen LogP contribution in [0.25, 0.3) is 0 Å². The van der Waals surface area contributed by atoms with E-state index in [1.54, 1.807) is 0 Å². The van der Waals surface area contributed by atoms with E-state index in [0.29, 0.717) is 6.42 Å². The van der Waals surface area contributed by atoms with Gasteiger partial charge in [0.05, 0.1) is 0 Å². The number of carbonyl (C=O) groups excluding carboxylic acids is 1. The summed E-state index contributed by atoms with van der Waals surface area (Å²) < 4.78 is 0. The second-order valence-corrected chi connectivity index (χ2v) is 5.45. The molecule has 0 saturated heterocycles. The summed E-state index contributed by atoms with van der Waals surface area (Å²) in [6, 6.07) is 0. The highest BCUT2D eigenvalue weighted by Crippen LogP contribution is 2.49.